The molecule has 3 rings (SSSR count). The van der Waals surface area contributed by atoms with Crippen molar-refractivity contribution < 1.29 is 4.79 Å². The molecule has 0 bridgehead atoms. The number of piperazine rings is 1. The predicted molar refractivity (Wildman–Crippen MR) is 100.0 cm³/mol. The molecule has 2 fully saturated rings. The van der Waals surface area contributed by atoms with Crippen LogP contribution in [0.4, 0.5) is 11.5 Å². The molecule has 0 saturated carbocycles. The summed E-state index contributed by atoms with van der Waals surface area (Å²) in [6, 6.07) is 0.205. The van der Waals surface area contributed by atoms with Gasteiger partial charge in [0.25, 0.3) is 0 Å². The number of amides is 1. The Bertz CT molecular complexity index is 577. The normalized spacial score (nSPS) is 20.2. The first-order valence-electron chi connectivity index (χ1n) is 9.33. The largest absolute Gasteiger partial charge is 0.367 e. The first-order valence-corrected chi connectivity index (χ1v) is 9.33. The van der Waals surface area contributed by atoms with Gasteiger partial charge in [-0.05, 0) is 33.7 Å². The van der Waals surface area contributed by atoms with Crippen LogP contribution in [-0.4, -0.2) is 73.1 Å². The Hall–Kier alpha value is -1.89. The Kier molecular flexibility index (Phi) is 5.73. The molecule has 3 heterocycles. The van der Waals surface area contributed by atoms with Gasteiger partial charge >= 0.3 is 0 Å². The van der Waals surface area contributed by atoms with Crippen molar-refractivity contribution in [3.8, 4) is 0 Å². The van der Waals surface area contributed by atoms with Gasteiger partial charge in [-0.3, -0.25) is 4.79 Å². The highest BCUT2D eigenvalue weighted by Crippen LogP contribution is 2.30. The van der Waals surface area contributed by atoms with Crippen LogP contribution in [0.15, 0.2) is 12.5 Å². The molecule has 1 N–H and O–H groups in total. The maximum atomic E-state index is 12.2. The minimum Gasteiger partial charge on any atom is -0.367 e. The van der Waals surface area contributed by atoms with Crippen molar-refractivity contribution in [1.82, 2.24) is 20.2 Å². The Morgan fingerprint density at radius 1 is 1.12 bits per heavy atom. The van der Waals surface area contributed by atoms with E-state index in [4.69, 9.17) is 0 Å². The maximum Gasteiger partial charge on any atom is 0.223 e. The highest BCUT2D eigenvalue weighted by molar-refractivity contribution is 5.79. The zero-order chi connectivity index (χ0) is 17.8. The van der Waals surface area contributed by atoms with Gasteiger partial charge in [0.1, 0.15) is 6.33 Å². The number of carbonyl (C=O) groups excluding carboxylic acids is 1. The second kappa shape index (κ2) is 7.99. The molecule has 0 unspecified atom stereocenters. The Morgan fingerprint density at radius 3 is 2.44 bits per heavy atom. The quantitative estimate of drug-likeness (QED) is 0.876. The zero-order valence-corrected chi connectivity index (χ0v) is 15.6. The topological polar surface area (TPSA) is 64.6 Å². The van der Waals surface area contributed by atoms with E-state index in [0.29, 0.717) is 0 Å². The number of nitrogens with zero attached hydrogens (tertiary/aromatic N) is 5. The van der Waals surface area contributed by atoms with Crippen LogP contribution in [0.25, 0.3) is 0 Å². The number of aromatic nitrogens is 2. The van der Waals surface area contributed by atoms with Crippen LogP contribution in [0, 0.1) is 5.92 Å². The van der Waals surface area contributed by atoms with Gasteiger partial charge in [0.15, 0.2) is 5.82 Å². The third kappa shape index (κ3) is 4.39. The van der Waals surface area contributed by atoms with E-state index >= 15 is 0 Å². The Labute approximate surface area is 150 Å². The van der Waals surface area contributed by atoms with Crippen molar-refractivity contribution in [2.24, 2.45) is 5.92 Å². The molecule has 1 aromatic rings. The van der Waals surface area contributed by atoms with E-state index in [1.165, 1.54) is 0 Å². The van der Waals surface area contributed by atoms with E-state index in [2.05, 4.69) is 37.0 Å². The zero-order valence-electron chi connectivity index (χ0n) is 15.6. The molecule has 1 aromatic heterocycles. The lowest BCUT2D eigenvalue weighted by Crippen LogP contribution is -2.46. The molecule has 0 aromatic carbocycles. The Balaban J connectivity index is 1.65. The first-order chi connectivity index (χ1) is 12.0. The molecule has 2 aliphatic rings. The van der Waals surface area contributed by atoms with Crippen LogP contribution in [0.2, 0.25) is 0 Å². The predicted octanol–water partition coefficient (Wildman–Crippen LogP) is 0.969. The molecule has 1 amide bonds. The summed E-state index contributed by atoms with van der Waals surface area (Å²) in [6.07, 6.45) is 5.33. The summed E-state index contributed by atoms with van der Waals surface area (Å²) in [5.74, 6) is 1.35. The van der Waals surface area contributed by atoms with Crippen LogP contribution in [0.1, 0.15) is 26.7 Å². The van der Waals surface area contributed by atoms with Crippen molar-refractivity contribution in [1.29, 1.82) is 0 Å². The first kappa shape index (κ1) is 17.9. The van der Waals surface area contributed by atoms with Crippen LogP contribution in [-0.2, 0) is 4.79 Å². The molecular weight excluding hydrogens is 316 g/mol. The summed E-state index contributed by atoms with van der Waals surface area (Å²) in [7, 11) is 2.16. The third-order valence-corrected chi connectivity index (χ3v) is 5.11. The maximum absolute atomic E-state index is 12.2. The van der Waals surface area contributed by atoms with Gasteiger partial charge in [-0.25, -0.2) is 9.97 Å². The molecule has 2 aliphatic heterocycles. The average Bonchev–Trinajstić information content (AvgIpc) is 2.62. The second-order valence-corrected chi connectivity index (χ2v) is 7.45. The second-order valence-electron chi connectivity index (χ2n) is 7.45. The van der Waals surface area contributed by atoms with Crippen molar-refractivity contribution in [2.45, 2.75) is 32.7 Å². The number of likely N-dealkylation sites (N-methyl/N-ethyl adjacent to an activating group) is 1. The van der Waals surface area contributed by atoms with Gasteiger partial charge in [-0.15, -0.1) is 0 Å². The van der Waals surface area contributed by atoms with E-state index in [0.717, 1.165) is 63.6 Å². The summed E-state index contributed by atoms with van der Waals surface area (Å²) in [5.41, 5.74) is 1.11. The molecule has 0 radical (unpaired) electrons. The molecular formula is C18H30N6O. The molecule has 7 heteroatoms. The molecule has 2 saturated heterocycles. The highest BCUT2D eigenvalue weighted by atomic mass is 16.1. The lowest BCUT2D eigenvalue weighted by molar-refractivity contribution is -0.126. The summed E-state index contributed by atoms with van der Waals surface area (Å²) < 4.78 is 0. The van der Waals surface area contributed by atoms with Gasteiger partial charge < -0.3 is 20.0 Å². The minimum absolute atomic E-state index is 0.121. The van der Waals surface area contributed by atoms with Gasteiger partial charge in [0.05, 0.1) is 11.9 Å². The van der Waals surface area contributed by atoms with Gasteiger partial charge in [-0.1, -0.05) is 0 Å². The number of hydrogen-bond donors (Lipinski definition) is 1. The fourth-order valence-corrected chi connectivity index (χ4v) is 3.59. The number of hydrogen-bond acceptors (Lipinski definition) is 6. The van der Waals surface area contributed by atoms with Crippen molar-refractivity contribution >= 4 is 17.4 Å². The summed E-state index contributed by atoms with van der Waals surface area (Å²) >= 11 is 0. The third-order valence-electron chi connectivity index (χ3n) is 5.11. The lowest BCUT2D eigenvalue weighted by Gasteiger charge is -2.38. The summed E-state index contributed by atoms with van der Waals surface area (Å²) in [4.78, 5) is 28.1. The number of anilines is 2. The van der Waals surface area contributed by atoms with Gasteiger partial charge in [0.2, 0.25) is 5.91 Å². The van der Waals surface area contributed by atoms with E-state index in [9.17, 15) is 4.79 Å². The lowest BCUT2D eigenvalue weighted by atomic mass is 9.95. The summed E-state index contributed by atoms with van der Waals surface area (Å²) in [6.45, 7) is 9.88. The van der Waals surface area contributed by atoms with Gasteiger partial charge in [-0.2, -0.15) is 0 Å². The monoisotopic (exact) mass is 346 g/mol. The smallest absolute Gasteiger partial charge is 0.223 e. The van der Waals surface area contributed by atoms with Crippen LogP contribution < -0.4 is 15.1 Å². The molecule has 25 heavy (non-hydrogen) atoms. The molecule has 138 valence electrons. The standard InChI is InChI=1S/C18H30N6O/c1-14(2)21-18(25)15-4-6-23(7-5-15)16-12-19-13-20-17(16)24-10-8-22(3)9-11-24/h12-15H,4-11H2,1-3H3,(H,21,25). The van der Waals surface area contributed by atoms with E-state index < -0.39 is 0 Å². The van der Waals surface area contributed by atoms with E-state index in [-0.39, 0.29) is 17.9 Å². The van der Waals surface area contributed by atoms with Crippen molar-refractivity contribution in [3.63, 3.8) is 0 Å². The fraction of sp³-hybridized carbons (Fsp3) is 0.722. The average molecular weight is 346 g/mol. The molecule has 0 aliphatic carbocycles. The Morgan fingerprint density at radius 2 is 1.80 bits per heavy atom. The molecule has 7 nitrogen and oxygen atoms in total. The number of carbonyl (C=O) groups is 1. The molecule has 0 atom stereocenters. The van der Waals surface area contributed by atoms with Crippen LogP contribution in [0.5, 0.6) is 0 Å². The van der Waals surface area contributed by atoms with Crippen LogP contribution in [0.3, 0.4) is 0 Å². The molecule has 0 spiro atoms. The van der Waals surface area contributed by atoms with Crippen molar-refractivity contribution in [2.75, 3.05) is 56.1 Å². The van der Waals surface area contributed by atoms with E-state index in [1.54, 1.807) is 6.33 Å². The number of piperidine rings is 1. The van der Waals surface area contributed by atoms with E-state index in [1.807, 2.05) is 20.0 Å². The SMILES string of the molecule is CC(C)NC(=O)C1CCN(c2cncnc2N2CCN(C)CC2)CC1. The van der Waals surface area contributed by atoms with Crippen LogP contribution >= 0.6 is 0 Å². The van der Waals surface area contributed by atoms with Crippen molar-refractivity contribution in [3.05, 3.63) is 12.5 Å². The fourth-order valence-electron chi connectivity index (χ4n) is 3.59. The minimum atomic E-state index is 0.121. The van der Waals surface area contributed by atoms with Gasteiger partial charge in [0, 0.05) is 51.2 Å². The summed E-state index contributed by atoms with van der Waals surface area (Å²) in [5, 5.41) is 3.04. The highest BCUT2D eigenvalue weighted by Gasteiger charge is 2.28. The number of nitrogens with one attached hydrogen (secondary N) is 1. The number of rotatable bonds is 4.